The van der Waals surface area contributed by atoms with E-state index in [1.165, 1.54) is 16.9 Å². The van der Waals surface area contributed by atoms with Gasteiger partial charge in [0.2, 0.25) is 0 Å². The molecule has 8 nitrogen and oxygen atoms in total. The Balaban J connectivity index is 1.35. The molecular weight excluding hydrogens is 484 g/mol. The van der Waals surface area contributed by atoms with E-state index in [0.717, 1.165) is 27.9 Å². The fraction of sp³-hybridized carbons (Fsp3) is 0.440. The summed E-state index contributed by atoms with van der Waals surface area (Å²) in [5.74, 6) is 0.757. The minimum atomic E-state index is -3.62. The lowest BCUT2D eigenvalue weighted by Gasteiger charge is -2.36. The normalized spacial score (nSPS) is 17.5. The number of hydrogen-bond donors (Lipinski definition) is 0. The zero-order chi connectivity index (χ0) is 24.8. The van der Waals surface area contributed by atoms with Gasteiger partial charge in [-0.05, 0) is 50.5 Å². The van der Waals surface area contributed by atoms with E-state index in [-0.39, 0.29) is 6.09 Å². The van der Waals surface area contributed by atoms with Crippen LogP contribution in [0, 0.1) is 0 Å². The maximum Gasteiger partial charge on any atom is 0.410 e. The van der Waals surface area contributed by atoms with Crippen molar-refractivity contribution >= 4 is 43.4 Å². The van der Waals surface area contributed by atoms with E-state index in [1.807, 2.05) is 45.0 Å². The number of aromatic nitrogens is 1. The third-order valence-electron chi connectivity index (χ3n) is 6.32. The van der Waals surface area contributed by atoms with Gasteiger partial charge < -0.3 is 14.5 Å². The fourth-order valence-corrected chi connectivity index (χ4v) is 7.49. The number of nitrogens with zero attached hydrogens (tertiary/aromatic N) is 4. The van der Waals surface area contributed by atoms with Gasteiger partial charge in [0, 0.05) is 55.6 Å². The molecule has 0 atom stereocenters. The quantitative estimate of drug-likeness (QED) is 0.523. The molecule has 0 N–H and O–H groups in total. The molecule has 2 aliphatic heterocycles. The van der Waals surface area contributed by atoms with Crippen molar-refractivity contribution in [2.24, 2.45) is 0 Å². The summed E-state index contributed by atoms with van der Waals surface area (Å²) >= 11 is 1.29. The van der Waals surface area contributed by atoms with Gasteiger partial charge in [-0.1, -0.05) is 24.3 Å². The summed E-state index contributed by atoms with van der Waals surface area (Å²) in [7, 11) is -3.62. The van der Waals surface area contributed by atoms with Crippen molar-refractivity contribution in [2.75, 3.05) is 37.6 Å². The van der Waals surface area contributed by atoms with Crippen molar-refractivity contribution in [3.63, 3.8) is 0 Å². The first-order valence-electron chi connectivity index (χ1n) is 11.8. The molecule has 0 saturated carbocycles. The molecule has 1 amide bonds. The van der Waals surface area contributed by atoms with Crippen LogP contribution in [0.25, 0.3) is 10.1 Å². The zero-order valence-corrected chi connectivity index (χ0v) is 21.9. The number of thiophene rings is 1. The number of amides is 1. The monoisotopic (exact) mass is 514 g/mol. The smallest absolute Gasteiger partial charge is 0.410 e. The van der Waals surface area contributed by atoms with Crippen LogP contribution in [0.15, 0.2) is 46.8 Å². The number of fused-ring (bicyclic) bond motifs is 2. The van der Waals surface area contributed by atoms with Gasteiger partial charge >= 0.3 is 6.09 Å². The Hall–Kier alpha value is -2.69. The lowest BCUT2D eigenvalue weighted by Crippen LogP contribution is -2.50. The molecule has 0 aliphatic carbocycles. The van der Waals surface area contributed by atoms with Crippen LogP contribution >= 0.6 is 11.3 Å². The lowest BCUT2D eigenvalue weighted by molar-refractivity contribution is 0.0240. The van der Waals surface area contributed by atoms with E-state index >= 15 is 0 Å². The highest BCUT2D eigenvalue weighted by molar-refractivity contribution is 7.91. The predicted octanol–water partition coefficient (Wildman–Crippen LogP) is 4.10. The largest absolute Gasteiger partial charge is 0.444 e. The number of carbonyl (C=O) groups is 1. The second-order valence-electron chi connectivity index (χ2n) is 9.92. The molecule has 4 heterocycles. The Morgan fingerprint density at radius 3 is 2.46 bits per heavy atom. The van der Waals surface area contributed by atoms with E-state index in [4.69, 9.17) is 4.74 Å². The number of benzene rings is 1. The molecule has 0 radical (unpaired) electrons. The summed E-state index contributed by atoms with van der Waals surface area (Å²) in [6.45, 7) is 8.70. The van der Waals surface area contributed by atoms with Gasteiger partial charge in [0.25, 0.3) is 10.0 Å². The van der Waals surface area contributed by atoms with E-state index in [2.05, 4.69) is 16.0 Å². The summed E-state index contributed by atoms with van der Waals surface area (Å²) in [5.41, 5.74) is 1.75. The maximum absolute atomic E-state index is 13.5. The van der Waals surface area contributed by atoms with Crippen molar-refractivity contribution in [3.8, 4) is 0 Å². The molecule has 10 heteroatoms. The Bertz CT molecular complexity index is 1360. The van der Waals surface area contributed by atoms with Crippen LogP contribution in [0.4, 0.5) is 10.6 Å². The fourth-order valence-electron chi connectivity index (χ4n) is 4.53. The van der Waals surface area contributed by atoms with Crippen LogP contribution in [0.3, 0.4) is 0 Å². The Morgan fingerprint density at radius 1 is 1.03 bits per heavy atom. The molecule has 5 rings (SSSR count). The van der Waals surface area contributed by atoms with E-state index < -0.39 is 15.6 Å². The van der Waals surface area contributed by atoms with Gasteiger partial charge in [0.15, 0.2) is 0 Å². The van der Waals surface area contributed by atoms with Gasteiger partial charge in [0.1, 0.15) is 15.6 Å². The van der Waals surface area contributed by atoms with Crippen molar-refractivity contribution in [1.82, 2.24) is 14.2 Å². The van der Waals surface area contributed by atoms with E-state index in [1.54, 1.807) is 21.5 Å². The Morgan fingerprint density at radius 2 is 1.74 bits per heavy atom. The van der Waals surface area contributed by atoms with Gasteiger partial charge in [-0.3, -0.25) is 0 Å². The summed E-state index contributed by atoms with van der Waals surface area (Å²) in [6.07, 6.45) is 2.13. The average Bonchev–Trinajstić information content (AvgIpc) is 3.28. The van der Waals surface area contributed by atoms with Gasteiger partial charge in [-0.25, -0.2) is 18.2 Å². The summed E-state index contributed by atoms with van der Waals surface area (Å²) in [4.78, 5) is 20.8. The van der Waals surface area contributed by atoms with Gasteiger partial charge in [0.05, 0.1) is 0 Å². The number of sulfonamides is 1. The minimum Gasteiger partial charge on any atom is -0.444 e. The molecule has 35 heavy (non-hydrogen) atoms. The van der Waals surface area contributed by atoms with Crippen molar-refractivity contribution in [3.05, 3.63) is 53.7 Å². The van der Waals surface area contributed by atoms with Crippen molar-refractivity contribution in [1.29, 1.82) is 0 Å². The molecule has 2 aromatic heterocycles. The zero-order valence-electron chi connectivity index (χ0n) is 20.2. The first-order valence-corrected chi connectivity index (χ1v) is 14.1. The van der Waals surface area contributed by atoms with Crippen LogP contribution in [0.1, 0.15) is 31.9 Å². The van der Waals surface area contributed by atoms with Crippen molar-refractivity contribution < 1.29 is 17.9 Å². The number of pyridine rings is 1. The summed E-state index contributed by atoms with van der Waals surface area (Å²) < 4.78 is 35.4. The topological polar surface area (TPSA) is 83.0 Å². The van der Waals surface area contributed by atoms with E-state index in [0.29, 0.717) is 43.5 Å². The molecular formula is C25H30N4O4S2. The van der Waals surface area contributed by atoms with Crippen molar-refractivity contribution in [2.45, 2.75) is 43.5 Å². The number of piperazine rings is 1. The van der Waals surface area contributed by atoms with Crippen LogP contribution in [0.5, 0.6) is 0 Å². The number of anilines is 1. The number of rotatable bonds is 3. The molecule has 1 saturated heterocycles. The molecule has 186 valence electrons. The van der Waals surface area contributed by atoms with Crippen LogP contribution < -0.4 is 4.90 Å². The molecule has 2 aliphatic rings. The number of hydrogen-bond acceptors (Lipinski definition) is 7. The first-order chi connectivity index (χ1) is 16.6. The Kier molecular flexibility index (Phi) is 6.23. The van der Waals surface area contributed by atoms with Crippen LogP contribution in [0.2, 0.25) is 0 Å². The highest BCUT2D eigenvalue weighted by Crippen LogP contribution is 2.37. The van der Waals surface area contributed by atoms with Crippen LogP contribution in [-0.2, 0) is 27.7 Å². The standard InChI is InChI=1S/C25H30N4O4S2/c1-25(2,3)33-24(30)28-14-12-27(13-15-28)23-20-16-22(34-21(20)8-10-26-23)35(31,32)29-11-9-18-6-4-5-7-19(18)17-29/h4-8,10,16H,9,11-15,17H2,1-3H3. The molecule has 1 aromatic carbocycles. The predicted molar refractivity (Wildman–Crippen MR) is 137 cm³/mol. The third kappa shape index (κ3) is 4.87. The molecule has 0 spiro atoms. The molecule has 0 bridgehead atoms. The maximum atomic E-state index is 13.5. The molecule has 3 aromatic rings. The second-order valence-corrected chi connectivity index (χ2v) is 13.2. The van der Waals surface area contributed by atoms with Gasteiger partial charge in [-0.2, -0.15) is 4.31 Å². The molecule has 1 fully saturated rings. The SMILES string of the molecule is CC(C)(C)OC(=O)N1CCN(c2nccc3sc(S(=O)(=O)N4CCc5ccccc5C4)cc23)CC1. The third-order valence-corrected chi connectivity index (χ3v) is 9.72. The highest BCUT2D eigenvalue weighted by atomic mass is 32.2. The minimum absolute atomic E-state index is 0.310. The lowest BCUT2D eigenvalue weighted by atomic mass is 10.0. The van der Waals surface area contributed by atoms with E-state index in [9.17, 15) is 13.2 Å². The number of carbonyl (C=O) groups excluding carboxylic acids is 1. The Labute approximate surface area is 210 Å². The highest BCUT2D eigenvalue weighted by Gasteiger charge is 2.31. The average molecular weight is 515 g/mol. The second kappa shape index (κ2) is 9.07. The molecule has 0 unspecified atom stereocenters. The summed E-state index contributed by atoms with van der Waals surface area (Å²) in [5, 5.41) is 0.833. The van der Waals surface area contributed by atoms with Crippen LogP contribution in [-0.4, -0.2) is 67.0 Å². The van der Waals surface area contributed by atoms with Gasteiger partial charge in [-0.15, -0.1) is 11.3 Å². The first kappa shape index (κ1) is 24.0. The summed E-state index contributed by atoms with van der Waals surface area (Å²) in [6, 6.07) is 11.6. The number of ether oxygens (including phenoxy) is 1.